The van der Waals surface area contributed by atoms with E-state index >= 15 is 0 Å². The van der Waals surface area contributed by atoms with E-state index in [4.69, 9.17) is 21.7 Å². The van der Waals surface area contributed by atoms with Crippen LogP contribution in [0, 0.1) is 13.8 Å². The highest BCUT2D eigenvalue weighted by molar-refractivity contribution is 7.80. The second-order valence-corrected chi connectivity index (χ2v) is 7.58. The first-order valence-electron chi connectivity index (χ1n) is 9.05. The molecule has 1 saturated heterocycles. The lowest BCUT2D eigenvalue weighted by Crippen LogP contribution is -2.65. The molecule has 0 unspecified atom stereocenters. The first kappa shape index (κ1) is 17.2. The lowest BCUT2D eigenvalue weighted by molar-refractivity contribution is 0.0457. The Morgan fingerprint density at radius 2 is 2.08 bits per heavy atom. The smallest absolute Gasteiger partial charge is 0.188 e. The van der Waals surface area contributed by atoms with Crippen LogP contribution in [0.25, 0.3) is 0 Å². The summed E-state index contributed by atoms with van der Waals surface area (Å²) in [5.41, 5.74) is 4.09. The Labute approximate surface area is 160 Å². The third-order valence-corrected chi connectivity index (χ3v) is 5.61. The molecule has 0 aromatic heterocycles. The first-order chi connectivity index (χ1) is 12.4. The van der Waals surface area contributed by atoms with Gasteiger partial charge in [0, 0.05) is 17.7 Å². The number of aryl methyl sites for hydroxylation is 2. The molecule has 0 radical (unpaired) electrons. The summed E-state index contributed by atoms with van der Waals surface area (Å²) in [7, 11) is 0. The molecule has 0 aliphatic carbocycles. The monoisotopic (exact) mass is 368 g/mol. The molecule has 2 atom stereocenters. The molecule has 4 rings (SSSR count). The van der Waals surface area contributed by atoms with Crippen LogP contribution in [0.5, 0.6) is 11.5 Å². The van der Waals surface area contributed by atoms with E-state index < -0.39 is 5.72 Å². The first-order valence-corrected chi connectivity index (χ1v) is 9.46. The molecule has 5 heteroatoms. The van der Waals surface area contributed by atoms with Gasteiger partial charge in [-0.25, -0.2) is 0 Å². The summed E-state index contributed by atoms with van der Waals surface area (Å²) in [4.78, 5) is 2.09. The third-order valence-electron chi connectivity index (χ3n) is 5.31. The van der Waals surface area contributed by atoms with Crippen molar-refractivity contribution < 1.29 is 9.47 Å². The fraction of sp³-hybridized carbons (Fsp3) is 0.381. The Balaban J connectivity index is 1.80. The lowest BCUT2D eigenvalue weighted by Gasteiger charge is -2.52. The van der Waals surface area contributed by atoms with E-state index in [-0.39, 0.29) is 6.04 Å². The fourth-order valence-electron chi connectivity index (χ4n) is 3.88. The predicted octanol–water partition coefficient (Wildman–Crippen LogP) is 4.64. The van der Waals surface area contributed by atoms with Crippen molar-refractivity contribution in [3.05, 3.63) is 53.1 Å². The molecule has 0 spiro atoms. The van der Waals surface area contributed by atoms with Gasteiger partial charge in [0.1, 0.15) is 0 Å². The highest BCUT2D eigenvalue weighted by Crippen LogP contribution is 2.49. The number of hydrogen-bond donors (Lipinski definition) is 1. The Bertz CT molecular complexity index is 882. The summed E-state index contributed by atoms with van der Waals surface area (Å²) in [6, 6.07) is 12.6. The van der Waals surface area contributed by atoms with Gasteiger partial charge in [-0.3, -0.25) is 4.90 Å². The molecule has 1 fully saturated rings. The van der Waals surface area contributed by atoms with Crippen LogP contribution < -0.4 is 19.7 Å². The average molecular weight is 369 g/mol. The minimum Gasteiger partial charge on any atom is -0.490 e. The molecular weight excluding hydrogens is 344 g/mol. The van der Waals surface area contributed by atoms with Crippen molar-refractivity contribution in [1.82, 2.24) is 5.32 Å². The van der Waals surface area contributed by atoms with Gasteiger partial charge in [-0.15, -0.1) is 0 Å². The molecule has 1 N–H and O–H groups in total. The van der Waals surface area contributed by atoms with Crippen molar-refractivity contribution in [2.45, 2.75) is 45.9 Å². The van der Waals surface area contributed by atoms with Crippen LogP contribution in [0.3, 0.4) is 0 Å². The zero-order chi connectivity index (χ0) is 18.5. The van der Waals surface area contributed by atoms with Gasteiger partial charge in [-0.2, -0.15) is 0 Å². The number of para-hydroxylation sites is 1. The van der Waals surface area contributed by atoms with Crippen LogP contribution in [-0.2, 0) is 0 Å². The summed E-state index contributed by atoms with van der Waals surface area (Å²) in [6.45, 7) is 8.93. The summed E-state index contributed by atoms with van der Waals surface area (Å²) in [5.74, 6) is 1.60. The van der Waals surface area contributed by atoms with Crippen molar-refractivity contribution in [1.29, 1.82) is 0 Å². The van der Waals surface area contributed by atoms with E-state index in [9.17, 15) is 0 Å². The van der Waals surface area contributed by atoms with Crippen molar-refractivity contribution in [3.8, 4) is 11.5 Å². The van der Waals surface area contributed by atoms with Crippen LogP contribution in [0.2, 0.25) is 0 Å². The lowest BCUT2D eigenvalue weighted by atomic mass is 9.90. The molecule has 2 aromatic rings. The van der Waals surface area contributed by atoms with E-state index in [0.29, 0.717) is 11.7 Å². The van der Waals surface area contributed by atoms with Gasteiger partial charge >= 0.3 is 0 Å². The van der Waals surface area contributed by atoms with Gasteiger partial charge in [0.05, 0.1) is 12.6 Å². The number of hydrogen-bond acceptors (Lipinski definition) is 3. The molecule has 2 aliphatic heterocycles. The Kier molecular flexibility index (Phi) is 4.07. The number of nitrogens with zero attached hydrogens (tertiary/aromatic N) is 1. The largest absolute Gasteiger partial charge is 0.490 e. The van der Waals surface area contributed by atoms with Crippen molar-refractivity contribution >= 4 is 23.0 Å². The second-order valence-electron chi connectivity index (χ2n) is 7.19. The number of thiocarbonyl (C=S) groups is 1. The summed E-state index contributed by atoms with van der Waals surface area (Å²) in [6.07, 6.45) is 0.808. The molecule has 2 heterocycles. The van der Waals surface area contributed by atoms with Crippen molar-refractivity contribution in [2.75, 3.05) is 11.5 Å². The Hall–Kier alpha value is -2.27. The molecular formula is C21H24N2O2S. The number of nitrogens with one attached hydrogen (secondary N) is 1. The number of benzene rings is 2. The van der Waals surface area contributed by atoms with Gasteiger partial charge in [0.2, 0.25) is 0 Å². The zero-order valence-electron chi connectivity index (χ0n) is 15.6. The minimum atomic E-state index is -0.561. The highest BCUT2D eigenvalue weighted by Gasteiger charge is 2.49. The second kappa shape index (κ2) is 6.16. The quantitative estimate of drug-likeness (QED) is 0.799. The van der Waals surface area contributed by atoms with Gasteiger partial charge in [-0.1, -0.05) is 18.2 Å². The zero-order valence-corrected chi connectivity index (χ0v) is 16.4. The maximum atomic E-state index is 6.55. The van der Waals surface area contributed by atoms with E-state index in [1.165, 1.54) is 11.1 Å². The highest BCUT2D eigenvalue weighted by atomic mass is 32.1. The topological polar surface area (TPSA) is 33.7 Å². The van der Waals surface area contributed by atoms with Crippen LogP contribution in [0.1, 0.15) is 43.0 Å². The molecule has 0 saturated carbocycles. The van der Waals surface area contributed by atoms with Gasteiger partial charge < -0.3 is 14.8 Å². The molecule has 2 bridgehead atoms. The third kappa shape index (κ3) is 2.62. The normalized spacial score (nSPS) is 23.8. The summed E-state index contributed by atoms with van der Waals surface area (Å²) < 4.78 is 12.4. The molecule has 136 valence electrons. The molecule has 0 amide bonds. The predicted molar refractivity (Wildman–Crippen MR) is 108 cm³/mol. The minimum absolute atomic E-state index is 0.124. The molecule has 4 nitrogen and oxygen atoms in total. The van der Waals surface area contributed by atoms with E-state index in [0.717, 1.165) is 29.2 Å². The van der Waals surface area contributed by atoms with Gasteiger partial charge in [0.15, 0.2) is 22.3 Å². The standard InChI is InChI=1S/C21H24N2O2S/c1-5-24-18-8-6-7-16-17-12-21(4,25-19(16)18)23(20(26)22-17)15-10-9-13(2)14(3)11-15/h6-11,17H,5,12H2,1-4H3,(H,22,26)/t17-,21+/m1/s1. The van der Waals surface area contributed by atoms with Crippen LogP contribution in [0.15, 0.2) is 36.4 Å². The van der Waals surface area contributed by atoms with Gasteiger partial charge in [0.25, 0.3) is 0 Å². The van der Waals surface area contributed by atoms with Crippen LogP contribution >= 0.6 is 12.2 Å². The van der Waals surface area contributed by atoms with Crippen LogP contribution in [0.4, 0.5) is 5.69 Å². The van der Waals surface area contributed by atoms with Gasteiger partial charge in [-0.05, 0) is 69.2 Å². The van der Waals surface area contributed by atoms with E-state index in [2.05, 4.69) is 55.3 Å². The van der Waals surface area contributed by atoms with E-state index in [1.54, 1.807) is 0 Å². The number of rotatable bonds is 3. The van der Waals surface area contributed by atoms with Crippen LogP contribution in [-0.4, -0.2) is 17.4 Å². The number of ether oxygens (including phenoxy) is 2. The molecule has 26 heavy (non-hydrogen) atoms. The number of fused-ring (bicyclic) bond motifs is 4. The van der Waals surface area contributed by atoms with Crippen molar-refractivity contribution in [2.24, 2.45) is 0 Å². The average Bonchev–Trinajstić information content (AvgIpc) is 2.58. The maximum Gasteiger partial charge on any atom is 0.188 e. The fourth-order valence-corrected chi connectivity index (χ4v) is 4.33. The van der Waals surface area contributed by atoms with Crippen molar-refractivity contribution in [3.63, 3.8) is 0 Å². The SMILES string of the molecule is CCOc1cccc2c1O[C@@]1(C)C[C@H]2NC(=S)N1c1ccc(C)c(C)c1. The molecule has 2 aliphatic rings. The Morgan fingerprint density at radius 1 is 1.27 bits per heavy atom. The van der Waals surface area contributed by atoms with E-state index in [1.807, 2.05) is 19.1 Å². The maximum absolute atomic E-state index is 6.55. The Morgan fingerprint density at radius 3 is 2.81 bits per heavy atom. The summed E-state index contributed by atoms with van der Waals surface area (Å²) >= 11 is 5.73. The number of anilines is 1. The molecule has 2 aromatic carbocycles. The summed E-state index contributed by atoms with van der Waals surface area (Å²) in [5, 5.41) is 4.20.